The summed E-state index contributed by atoms with van der Waals surface area (Å²) in [6, 6.07) is 6.43. The average Bonchev–Trinajstić information content (AvgIpc) is 2.32. The van der Waals surface area contributed by atoms with E-state index in [9.17, 15) is 4.79 Å². The van der Waals surface area contributed by atoms with Gasteiger partial charge in [-0.1, -0.05) is 22.9 Å². The fourth-order valence-electron chi connectivity index (χ4n) is 2.10. The molecule has 2 rings (SSSR count). The predicted molar refractivity (Wildman–Crippen MR) is 74.7 cm³/mol. The van der Waals surface area contributed by atoms with Gasteiger partial charge in [0.15, 0.2) is 0 Å². The van der Waals surface area contributed by atoms with Crippen LogP contribution in [0.3, 0.4) is 0 Å². The minimum Gasteiger partial charge on any atom is -0.358 e. The molecule has 0 radical (unpaired) electrons. The van der Waals surface area contributed by atoms with Crippen molar-refractivity contribution in [1.29, 1.82) is 0 Å². The van der Waals surface area contributed by atoms with Crippen LogP contribution in [0.25, 0.3) is 0 Å². The molecule has 1 aromatic carbocycles. The van der Waals surface area contributed by atoms with E-state index in [2.05, 4.69) is 40.7 Å². The second-order valence-corrected chi connectivity index (χ2v) is 5.39. The van der Waals surface area contributed by atoms with Crippen LogP contribution < -0.4 is 9.80 Å². The number of halogens is 1. The summed E-state index contributed by atoms with van der Waals surface area (Å²) in [5.74, 6) is 0.153. The maximum absolute atomic E-state index is 11.9. The minimum atomic E-state index is 0.153. The second-order valence-electron chi connectivity index (χ2n) is 4.47. The molecule has 0 N–H and O–H groups in total. The molecule has 1 amide bonds. The van der Waals surface area contributed by atoms with Crippen LogP contribution in [0.15, 0.2) is 22.7 Å². The Hall–Kier alpha value is -1.03. The lowest BCUT2D eigenvalue weighted by atomic mass is 10.1. The quantitative estimate of drug-likeness (QED) is 0.837. The van der Waals surface area contributed by atoms with Gasteiger partial charge in [-0.2, -0.15) is 0 Å². The van der Waals surface area contributed by atoms with Crippen LogP contribution in [0.5, 0.6) is 0 Å². The van der Waals surface area contributed by atoms with Crippen molar-refractivity contribution in [2.24, 2.45) is 0 Å². The number of carbonyl (C=O) groups is 1. The summed E-state index contributed by atoms with van der Waals surface area (Å²) >= 11 is 3.49. The average molecular weight is 297 g/mol. The maximum Gasteiger partial charge on any atom is 0.246 e. The first-order chi connectivity index (χ1) is 8.04. The summed E-state index contributed by atoms with van der Waals surface area (Å²) in [6.07, 6.45) is 1.03. The molecule has 0 bridgehead atoms. The highest BCUT2D eigenvalue weighted by molar-refractivity contribution is 9.10. The Morgan fingerprint density at radius 3 is 2.76 bits per heavy atom. The van der Waals surface area contributed by atoms with Crippen LogP contribution >= 0.6 is 15.9 Å². The van der Waals surface area contributed by atoms with Gasteiger partial charge in [-0.25, -0.2) is 0 Å². The molecule has 0 saturated heterocycles. The number of hydrogen-bond acceptors (Lipinski definition) is 2. The monoisotopic (exact) mass is 296 g/mol. The van der Waals surface area contributed by atoms with E-state index in [4.69, 9.17) is 0 Å². The molecule has 4 heteroatoms. The molecule has 0 aliphatic carbocycles. The highest BCUT2D eigenvalue weighted by Gasteiger charge is 2.28. The van der Waals surface area contributed by atoms with Crippen LogP contribution in [-0.2, 0) is 4.79 Å². The zero-order chi connectivity index (χ0) is 12.6. The van der Waals surface area contributed by atoms with Crippen molar-refractivity contribution in [2.45, 2.75) is 26.3 Å². The molecule has 0 fully saturated rings. The molecule has 17 heavy (non-hydrogen) atoms. The number of likely N-dealkylation sites (N-methyl/N-ethyl adjacent to an activating group) is 1. The number of benzene rings is 1. The number of amides is 1. The van der Waals surface area contributed by atoms with E-state index < -0.39 is 0 Å². The number of fused-ring (bicyclic) bond motifs is 1. The van der Waals surface area contributed by atoms with Gasteiger partial charge >= 0.3 is 0 Å². The summed E-state index contributed by atoms with van der Waals surface area (Å²) in [4.78, 5) is 15.9. The van der Waals surface area contributed by atoms with E-state index in [0.717, 1.165) is 22.3 Å². The van der Waals surface area contributed by atoms with Crippen LogP contribution in [0, 0.1) is 0 Å². The maximum atomic E-state index is 11.9. The highest BCUT2D eigenvalue weighted by atomic mass is 79.9. The number of rotatable bonds is 2. The summed E-state index contributed by atoms with van der Waals surface area (Å²) < 4.78 is 1.05. The molecule has 1 aliphatic rings. The first-order valence-corrected chi connectivity index (χ1v) is 6.66. The zero-order valence-electron chi connectivity index (χ0n) is 10.4. The summed E-state index contributed by atoms with van der Waals surface area (Å²) in [6.45, 7) is 4.77. The van der Waals surface area contributed by atoms with Crippen molar-refractivity contribution in [3.63, 3.8) is 0 Å². The van der Waals surface area contributed by atoms with E-state index in [-0.39, 0.29) is 5.91 Å². The molecule has 1 atom stereocenters. The molecule has 1 aliphatic heterocycles. The van der Waals surface area contributed by atoms with Gasteiger partial charge in [-0.3, -0.25) is 4.79 Å². The lowest BCUT2D eigenvalue weighted by molar-refractivity contribution is -0.117. The molecule has 0 spiro atoms. The third kappa shape index (κ3) is 2.18. The Kier molecular flexibility index (Phi) is 3.43. The smallest absolute Gasteiger partial charge is 0.246 e. The molecular weight excluding hydrogens is 280 g/mol. The van der Waals surface area contributed by atoms with Crippen LogP contribution in [-0.4, -0.2) is 25.5 Å². The van der Waals surface area contributed by atoms with Gasteiger partial charge in [-0.15, -0.1) is 0 Å². The van der Waals surface area contributed by atoms with Crippen molar-refractivity contribution < 1.29 is 4.79 Å². The lowest BCUT2D eigenvalue weighted by Crippen LogP contribution is -2.47. The van der Waals surface area contributed by atoms with Gasteiger partial charge in [0.25, 0.3) is 0 Å². The van der Waals surface area contributed by atoms with E-state index in [1.807, 2.05) is 19.2 Å². The van der Waals surface area contributed by atoms with E-state index in [1.54, 1.807) is 4.90 Å². The van der Waals surface area contributed by atoms with Crippen molar-refractivity contribution in [3.05, 3.63) is 22.7 Å². The fraction of sp³-hybridized carbons (Fsp3) is 0.462. The third-order valence-electron chi connectivity index (χ3n) is 3.41. The Morgan fingerprint density at radius 2 is 2.12 bits per heavy atom. The minimum absolute atomic E-state index is 0.153. The van der Waals surface area contributed by atoms with Crippen molar-refractivity contribution >= 4 is 33.2 Å². The van der Waals surface area contributed by atoms with Crippen molar-refractivity contribution in [1.82, 2.24) is 0 Å². The van der Waals surface area contributed by atoms with Gasteiger partial charge in [-0.05, 0) is 31.5 Å². The van der Waals surface area contributed by atoms with Crippen LogP contribution in [0.4, 0.5) is 11.4 Å². The number of hydrogen-bond donors (Lipinski definition) is 0. The topological polar surface area (TPSA) is 23.6 Å². The molecule has 3 nitrogen and oxygen atoms in total. The van der Waals surface area contributed by atoms with Crippen LogP contribution in [0.1, 0.15) is 20.3 Å². The van der Waals surface area contributed by atoms with Gasteiger partial charge in [0.05, 0.1) is 17.9 Å². The third-order valence-corrected chi connectivity index (χ3v) is 3.90. The van der Waals surface area contributed by atoms with E-state index >= 15 is 0 Å². The number of anilines is 2. The van der Waals surface area contributed by atoms with Gasteiger partial charge in [0.1, 0.15) is 0 Å². The predicted octanol–water partition coefficient (Wildman–Crippen LogP) is 3.03. The van der Waals surface area contributed by atoms with Gasteiger partial charge in [0, 0.05) is 17.6 Å². The molecule has 0 aromatic heterocycles. The Labute approximate surface area is 111 Å². The zero-order valence-corrected chi connectivity index (χ0v) is 12.0. The summed E-state index contributed by atoms with van der Waals surface area (Å²) in [5, 5.41) is 0. The van der Waals surface area contributed by atoms with Crippen molar-refractivity contribution in [2.75, 3.05) is 23.4 Å². The molecular formula is C13H17BrN2O. The lowest BCUT2D eigenvalue weighted by Gasteiger charge is -2.39. The Morgan fingerprint density at radius 1 is 1.41 bits per heavy atom. The number of carbonyl (C=O) groups excluding carboxylic acids is 1. The molecule has 1 heterocycles. The Balaban J connectivity index is 2.50. The SMILES string of the molecule is CCC(C)N1CC(=O)N(C)c2ccc(Br)cc21. The van der Waals surface area contributed by atoms with E-state index in [1.165, 1.54) is 0 Å². The first-order valence-electron chi connectivity index (χ1n) is 5.87. The highest BCUT2D eigenvalue weighted by Crippen LogP contribution is 2.36. The van der Waals surface area contributed by atoms with Gasteiger partial charge < -0.3 is 9.80 Å². The summed E-state index contributed by atoms with van der Waals surface area (Å²) in [5.41, 5.74) is 2.13. The summed E-state index contributed by atoms with van der Waals surface area (Å²) in [7, 11) is 1.84. The molecule has 92 valence electrons. The first kappa shape index (κ1) is 12.4. The standard InChI is InChI=1S/C13H17BrN2O/c1-4-9(2)16-8-13(17)15(3)11-6-5-10(14)7-12(11)16/h5-7,9H,4,8H2,1-3H3. The van der Waals surface area contributed by atoms with Crippen LogP contribution in [0.2, 0.25) is 0 Å². The van der Waals surface area contributed by atoms with Gasteiger partial charge in [0.2, 0.25) is 5.91 Å². The molecule has 1 unspecified atom stereocenters. The molecule has 1 aromatic rings. The van der Waals surface area contributed by atoms with Crippen molar-refractivity contribution in [3.8, 4) is 0 Å². The second kappa shape index (κ2) is 4.69. The largest absolute Gasteiger partial charge is 0.358 e. The Bertz CT molecular complexity index is 447. The fourth-order valence-corrected chi connectivity index (χ4v) is 2.44. The van der Waals surface area contributed by atoms with E-state index in [0.29, 0.717) is 12.6 Å². The number of nitrogens with zero attached hydrogens (tertiary/aromatic N) is 2. The normalized spacial score (nSPS) is 17.1. The molecule has 0 saturated carbocycles.